The van der Waals surface area contributed by atoms with E-state index in [-0.39, 0.29) is 11.9 Å². The van der Waals surface area contributed by atoms with E-state index in [1.807, 2.05) is 35.8 Å². The first-order chi connectivity index (χ1) is 8.74. The molecule has 0 aliphatic heterocycles. The van der Waals surface area contributed by atoms with E-state index >= 15 is 0 Å². The molecule has 0 radical (unpaired) electrons. The number of nitrogens with zero attached hydrogens (tertiary/aromatic N) is 2. The van der Waals surface area contributed by atoms with Crippen molar-refractivity contribution in [3.8, 4) is 0 Å². The van der Waals surface area contributed by atoms with Gasteiger partial charge in [-0.3, -0.25) is 4.79 Å². The third-order valence-electron chi connectivity index (χ3n) is 2.88. The highest BCUT2D eigenvalue weighted by Gasteiger charge is 2.16. The quantitative estimate of drug-likeness (QED) is 0.812. The molecule has 5 heteroatoms. The number of amides is 1. The van der Waals surface area contributed by atoms with Gasteiger partial charge in [-0.2, -0.15) is 0 Å². The molecule has 1 amide bonds. The van der Waals surface area contributed by atoms with Crippen molar-refractivity contribution in [1.82, 2.24) is 14.9 Å². The van der Waals surface area contributed by atoms with Gasteiger partial charge >= 0.3 is 0 Å². The first kappa shape index (κ1) is 12.6. The molecule has 1 aromatic heterocycles. The van der Waals surface area contributed by atoms with Crippen LogP contribution >= 0.6 is 0 Å². The number of methoxy groups -OCH3 is 1. The molecule has 2 aromatic rings. The van der Waals surface area contributed by atoms with Crippen molar-refractivity contribution in [2.75, 3.05) is 20.3 Å². The van der Waals surface area contributed by atoms with Gasteiger partial charge < -0.3 is 14.6 Å². The van der Waals surface area contributed by atoms with Gasteiger partial charge in [0.15, 0.2) is 0 Å². The van der Waals surface area contributed by atoms with Crippen LogP contribution in [0.25, 0.3) is 11.0 Å². The first-order valence-corrected chi connectivity index (χ1v) is 5.92. The predicted molar refractivity (Wildman–Crippen MR) is 69.3 cm³/mol. The second kappa shape index (κ2) is 5.64. The second-order valence-electron chi connectivity index (χ2n) is 4.10. The Balaban J connectivity index is 2.13. The van der Waals surface area contributed by atoms with Gasteiger partial charge in [0.1, 0.15) is 6.04 Å². The summed E-state index contributed by atoms with van der Waals surface area (Å²) in [4.78, 5) is 16.2. The van der Waals surface area contributed by atoms with Crippen LogP contribution in [0.5, 0.6) is 0 Å². The Morgan fingerprint density at radius 2 is 2.28 bits per heavy atom. The molecule has 2 rings (SSSR count). The summed E-state index contributed by atoms with van der Waals surface area (Å²) in [6.07, 6.45) is 1.70. The number of hydrogen-bond acceptors (Lipinski definition) is 3. The maximum absolute atomic E-state index is 11.9. The lowest BCUT2D eigenvalue weighted by atomic mass is 10.2. The zero-order chi connectivity index (χ0) is 13.0. The smallest absolute Gasteiger partial charge is 0.242 e. The molecule has 1 unspecified atom stereocenters. The van der Waals surface area contributed by atoms with Crippen molar-refractivity contribution in [2.24, 2.45) is 0 Å². The summed E-state index contributed by atoms with van der Waals surface area (Å²) in [7, 11) is 1.61. The number of para-hydroxylation sites is 2. The van der Waals surface area contributed by atoms with E-state index in [0.717, 1.165) is 11.0 Å². The van der Waals surface area contributed by atoms with Crippen molar-refractivity contribution in [3.63, 3.8) is 0 Å². The van der Waals surface area contributed by atoms with Gasteiger partial charge in [0.2, 0.25) is 5.91 Å². The third-order valence-corrected chi connectivity index (χ3v) is 2.88. The van der Waals surface area contributed by atoms with Crippen LogP contribution in [-0.2, 0) is 9.53 Å². The van der Waals surface area contributed by atoms with Gasteiger partial charge in [0, 0.05) is 13.7 Å². The molecule has 96 valence electrons. The number of hydrogen-bond donors (Lipinski definition) is 1. The standard InChI is InChI=1S/C13H17N3O2/c1-10(13(17)14-7-8-18-2)16-9-15-11-5-3-4-6-12(11)16/h3-6,9-10H,7-8H2,1-2H3,(H,14,17). The van der Waals surface area contributed by atoms with Crippen molar-refractivity contribution in [3.05, 3.63) is 30.6 Å². The number of ether oxygens (including phenoxy) is 1. The van der Waals surface area contributed by atoms with E-state index in [0.29, 0.717) is 13.2 Å². The van der Waals surface area contributed by atoms with Crippen LogP contribution in [-0.4, -0.2) is 35.7 Å². The zero-order valence-electron chi connectivity index (χ0n) is 10.6. The van der Waals surface area contributed by atoms with Crippen molar-refractivity contribution >= 4 is 16.9 Å². The van der Waals surface area contributed by atoms with Gasteiger partial charge in [0.05, 0.1) is 24.0 Å². The maximum Gasteiger partial charge on any atom is 0.242 e. The highest BCUT2D eigenvalue weighted by molar-refractivity contribution is 5.83. The van der Waals surface area contributed by atoms with E-state index in [9.17, 15) is 4.79 Å². The van der Waals surface area contributed by atoms with E-state index in [1.165, 1.54) is 0 Å². The number of carbonyl (C=O) groups excluding carboxylic acids is 1. The van der Waals surface area contributed by atoms with Gasteiger partial charge in [-0.1, -0.05) is 12.1 Å². The van der Waals surface area contributed by atoms with Gasteiger partial charge in [-0.05, 0) is 19.1 Å². The van der Waals surface area contributed by atoms with E-state index in [1.54, 1.807) is 13.4 Å². The molecule has 1 atom stereocenters. The average molecular weight is 247 g/mol. The van der Waals surface area contributed by atoms with Crippen LogP contribution in [0.4, 0.5) is 0 Å². The fourth-order valence-corrected chi connectivity index (χ4v) is 1.84. The summed E-state index contributed by atoms with van der Waals surface area (Å²) in [5.74, 6) is -0.0322. The first-order valence-electron chi connectivity index (χ1n) is 5.92. The van der Waals surface area contributed by atoms with Gasteiger partial charge in [0.25, 0.3) is 0 Å². The molecule has 18 heavy (non-hydrogen) atoms. The number of imidazole rings is 1. The summed E-state index contributed by atoms with van der Waals surface area (Å²) in [6, 6.07) is 7.48. The van der Waals surface area contributed by atoms with Crippen LogP contribution in [0.2, 0.25) is 0 Å². The number of fused-ring (bicyclic) bond motifs is 1. The van der Waals surface area contributed by atoms with Crippen molar-refractivity contribution in [2.45, 2.75) is 13.0 Å². The Hall–Kier alpha value is -1.88. The average Bonchev–Trinajstić information content (AvgIpc) is 2.82. The molecule has 1 N–H and O–H groups in total. The van der Waals surface area contributed by atoms with Gasteiger partial charge in [-0.15, -0.1) is 0 Å². The van der Waals surface area contributed by atoms with E-state index < -0.39 is 0 Å². The molecular weight excluding hydrogens is 230 g/mol. The van der Waals surface area contributed by atoms with Crippen molar-refractivity contribution in [1.29, 1.82) is 0 Å². The minimum Gasteiger partial charge on any atom is -0.383 e. The third kappa shape index (κ3) is 2.51. The number of aromatic nitrogens is 2. The second-order valence-corrected chi connectivity index (χ2v) is 4.10. The molecule has 0 saturated carbocycles. The molecule has 1 aromatic carbocycles. The summed E-state index contributed by atoms with van der Waals surface area (Å²) in [6.45, 7) is 2.89. The van der Waals surface area contributed by atoms with E-state index in [2.05, 4.69) is 10.3 Å². The highest BCUT2D eigenvalue weighted by Crippen LogP contribution is 2.17. The molecule has 0 aliphatic rings. The van der Waals surface area contributed by atoms with Gasteiger partial charge in [-0.25, -0.2) is 4.98 Å². The largest absolute Gasteiger partial charge is 0.383 e. The molecule has 0 bridgehead atoms. The van der Waals surface area contributed by atoms with Crippen LogP contribution in [0.1, 0.15) is 13.0 Å². The fourth-order valence-electron chi connectivity index (χ4n) is 1.84. The Labute approximate surface area is 106 Å². The Kier molecular flexibility index (Phi) is 3.94. The Morgan fingerprint density at radius 3 is 3.06 bits per heavy atom. The minimum atomic E-state index is -0.283. The SMILES string of the molecule is COCCNC(=O)C(C)n1cnc2ccccc21. The number of carbonyl (C=O) groups is 1. The molecule has 0 saturated heterocycles. The lowest BCUT2D eigenvalue weighted by Crippen LogP contribution is -2.33. The molecule has 0 fully saturated rings. The normalized spacial score (nSPS) is 12.6. The van der Waals surface area contributed by atoms with Crippen LogP contribution in [0.15, 0.2) is 30.6 Å². The van der Waals surface area contributed by atoms with Crippen LogP contribution < -0.4 is 5.32 Å². The molecule has 0 spiro atoms. The summed E-state index contributed by atoms with van der Waals surface area (Å²) < 4.78 is 6.77. The summed E-state index contributed by atoms with van der Waals surface area (Å²) in [5.41, 5.74) is 1.86. The number of benzene rings is 1. The minimum absolute atomic E-state index is 0.0322. The number of rotatable bonds is 5. The lowest BCUT2D eigenvalue weighted by Gasteiger charge is -2.14. The Morgan fingerprint density at radius 1 is 1.50 bits per heavy atom. The Bertz CT molecular complexity index is 536. The van der Waals surface area contributed by atoms with Crippen molar-refractivity contribution < 1.29 is 9.53 Å². The van der Waals surface area contributed by atoms with Crippen LogP contribution in [0, 0.1) is 0 Å². The summed E-state index contributed by atoms with van der Waals surface area (Å²) >= 11 is 0. The fraction of sp³-hybridized carbons (Fsp3) is 0.385. The lowest BCUT2D eigenvalue weighted by molar-refractivity contribution is -0.123. The zero-order valence-corrected chi connectivity index (χ0v) is 10.6. The number of nitrogens with one attached hydrogen (secondary N) is 1. The molecular formula is C13H17N3O2. The predicted octanol–water partition coefficient (Wildman–Crippen LogP) is 1.36. The van der Waals surface area contributed by atoms with E-state index in [4.69, 9.17) is 4.74 Å². The molecule has 5 nitrogen and oxygen atoms in total. The topological polar surface area (TPSA) is 56.1 Å². The molecule has 1 heterocycles. The van der Waals surface area contributed by atoms with Crippen LogP contribution in [0.3, 0.4) is 0 Å². The maximum atomic E-state index is 11.9. The highest BCUT2D eigenvalue weighted by atomic mass is 16.5. The summed E-state index contributed by atoms with van der Waals surface area (Å²) in [5, 5.41) is 2.82. The monoisotopic (exact) mass is 247 g/mol. The molecule has 0 aliphatic carbocycles.